The van der Waals surface area contributed by atoms with Gasteiger partial charge in [-0.25, -0.2) is 0 Å². The molecule has 0 spiro atoms. The summed E-state index contributed by atoms with van der Waals surface area (Å²) in [6, 6.07) is 13.8. The molecule has 0 aliphatic rings. The molecule has 0 aliphatic carbocycles. The van der Waals surface area contributed by atoms with E-state index in [9.17, 15) is 4.79 Å². The first-order valence-electron chi connectivity index (χ1n) is 8.02. The lowest BCUT2D eigenvalue weighted by molar-refractivity contribution is -0.117. The Balaban J connectivity index is 2.08. The van der Waals surface area contributed by atoms with Crippen LogP contribution in [-0.2, 0) is 11.2 Å². The molecule has 2 aromatic carbocycles. The number of rotatable bonds is 5. The first kappa shape index (κ1) is 17.6. The van der Waals surface area contributed by atoms with E-state index in [0.29, 0.717) is 10.9 Å². The number of hydrogen-bond donors (Lipinski definition) is 1. The summed E-state index contributed by atoms with van der Waals surface area (Å²) in [5.41, 5.74) is 4.10. The summed E-state index contributed by atoms with van der Waals surface area (Å²) < 4.78 is 0. The monoisotopic (exact) mass is 329 g/mol. The van der Waals surface area contributed by atoms with Gasteiger partial charge in [-0.3, -0.25) is 4.79 Å². The topological polar surface area (TPSA) is 29.1 Å². The number of hydrogen-bond acceptors (Lipinski definition) is 1. The number of halogens is 1. The van der Waals surface area contributed by atoms with Gasteiger partial charge in [-0.05, 0) is 55.0 Å². The van der Waals surface area contributed by atoms with Crippen molar-refractivity contribution in [2.45, 2.75) is 40.0 Å². The number of amides is 1. The lowest BCUT2D eigenvalue weighted by Gasteiger charge is -2.15. The zero-order valence-electron chi connectivity index (χ0n) is 14.2. The number of nitrogens with one attached hydrogen (secondary N) is 1. The zero-order valence-corrected chi connectivity index (χ0v) is 14.9. The van der Waals surface area contributed by atoms with Gasteiger partial charge in [0.2, 0.25) is 5.91 Å². The number of carbonyl (C=O) groups excluding carboxylic acids is 1. The minimum atomic E-state index is -0.207. The molecule has 0 aromatic heterocycles. The fourth-order valence-electron chi connectivity index (χ4n) is 2.54. The van der Waals surface area contributed by atoms with Gasteiger partial charge >= 0.3 is 0 Å². The Kier molecular flexibility index (Phi) is 5.84. The Morgan fingerprint density at radius 2 is 1.74 bits per heavy atom. The van der Waals surface area contributed by atoms with Crippen LogP contribution >= 0.6 is 11.6 Å². The Labute approximate surface area is 143 Å². The second kappa shape index (κ2) is 7.65. The molecule has 2 aromatic rings. The van der Waals surface area contributed by atoms with Gasteiger partial charge in [0.1, 0.15) is 0 Å². The van der Waals surface area contributed by atoms with Crippen LogP contribution in [0.4, 0.5) is 5.69 Å². The third-order valence-electron chi connectivity index (χ3n) is 3.97. The fourth-order valence-corrected chi connectivity index (χ4v) is 2.71. The van der Waals surface area contributed by atoms with Crippen LogP contribution in [0.25, 0.3) is 0 Å². The summed E-state index contributed by atoms with van der Waals surface area (Å²) in [6.45, 7) is 8.29. The standard InChI is InChI=1S/C20H24ClNO/c1-13(2)11-16-6-8-17(9-7-16)15(4)20(23)22-19-12-18(21)10-5-14(19)3/h5-10,12-13,15H,11H2,1-4H3,(H,22,23)/t15-/m0/s1. The number of carbonyl (C=O) groups is 1. The molecule has 2 rings (SSSR count). The van der Waals surface area contributed by atoms with E-state index in [0.717, 1.165) is 23.2 Å². The molecule has 2 nitrogen and oxygen atoms in total. The summed E-state index contributed by atoms with van der Waals surface area (Å²) in [5, 5.41) is 3.59. The second-order valence-electron chi connectivity index (χ2n) is 6.51. The van der Waals surface area contributed by atoms with Crippen molar-refractivity contribution in [2.24, 2.45) is 5.92 Å². The Morgan fingerprint density at radius 3 is 2.35 bits per heavy atom. The molecule has 0 bridgehead atoms. The number of anilines is 1. The van der Waals surface area contributed by atoms with E-state index in [-0.39, 0.29) is 11.8 Å². The third-order valence-corrected chi connectivity index (χ3v) is 4.21. The van der Waals surface area contributed by atoms with Crippen molar-refractivity contribution in [3.8, 4) is 0 Å². The van der Waals surface area contributed by atoms with Crippen molar-refractivity contribution >= 4 is 23.2 Å². The summed E-state index contributed by atoms with van der Waals surface area (Å²) >= 11 is 6.00. The highest BCUT2D eigenvalue weighted by molar-refractivity contribution is 6.31. The number of aryl methyl sites for hydroxylation is 1. The van der Waals surface area contributed by atoms with Gasteiger partial charge < -0.3 is 5.32 Å². The summed E-state index contributed by atoms with van der Waals surface area (Å²) in [7, 11) is 0. The maximum atomic E-state index is 12.5. The van der Waals surface area contributed by atoms with Crippen LogP contribution in [0.15, 0.2) is 42.5 Å². The smallest absolute Gasteiger partial charge is 0.231 e. The van der Waals surface area contributed by atoms with E-state index in [1.165, 1.54) is 5.56 Å². The largest absolute Gasteiger partial charge is 0.325 e. The summed E-state index contributed by atoms with van der Waals surface area (Å²) in [5.74, 6) is 0.404. The SMILES string of the molecule is Cc1ccc(Cl)cc1NC(=O)[C@@H](C)c1ccc(CC(C)C)cc1. The zero-order chi connectivity index (χ0) is 17.0. The first-order valence-corrected chi connectivity index (χ1v) is 8.40. The van der Waals surface area contributed by atoms with Gasteiger partial charge in [-0.15, -0.1) is 0 Å². The summed E-state index contributed by atoms with van der Waals surface area (Å²) in [6.07, 6.45) is 1.06. The molecule has 0 fully saturated rings. The molecular weight excluding hydrogens is 306 g/mol. The van der Waals surface area contributed by atoms with Crippen molar-refractivity contribution in [2.75, 3.05) is 5.32 Å². The summed E-state index contributed by atoms with van der Waals surface area (Å²) in [4.78, 5) is 12.5. The number of benzene rings is 2. The van der Waals surface area contributed by atoms with Crippen molar-refractivity contribution in [1.82, 2.24) is 0 Å². The molecule has 1 N–H and O–H groups in total. The predicted octanol–water partition coefficient (Wildman–Crippen LogP) is 5.59. The van der Waals surface area contributed by atoms with E-state index in [1.807, 2.05) is 38.1 Å². The quantitative estimate of drug-likeness (QED) is 0.761. The first-order chi connectivity index (χ1) is 10.9. The molecule has 0 radical (unpaired) electrons. The van der Waals surface area contributed by atoms with Crippen molar-refractivity contribution in [1.29, 1.82) is 0 Å². The van der Waals surface area contributed by atoms with E-state index >= 15 is 0 Å². The lowest BCUT2D eigenvalue weighted by Crippen LogP contribution is -2.19. The minimum absolute atomic E-state index is 0.0213. The van der Waals surface area contributed by atoms with E-state index in [1.54, 1.807) is 6.07 Å². The van der Waals surface area contributed by atoms with Gasteiger partial charge in [-0.1, -0.05) is 55.8 Å². The molecule has 23 heavy (non-hydrogen) atoms. The van der Waals surface area contributed by atoms with Crippen molar-refractivity contribution < 1.29 is 4.79 Å². The highest BCUT2D eigenvalue weighted by Gasteiger charge is 2.16. The molecule has 0 heterocycles. The maximum Gasteiger partial charge on any atom is 0.231 e. The fraction of sp³-hybridized carbons (Fsp3) is 0.350. The van der Waals surface area contributed by atoms with E-state index in [4.69, 9.17) is 11.6 Å². The molecule has 1 atom stereocenters. The van der Waals surface area contributed by atoms with Crippen LogP contribution in [0.3, 0.4) is 0 Å². The predicted molar refractivity (Wildman–Crippen MR) is 98.2 cm³/mol. The van der Waals surface area contributed by atoms with Gasteiger partial charge in [0, 0.05) is 10.7 Å². The van der Waals surface area contributed by atoms with Crippen molar-refractivity contribution in [3.05, 3.63) is 64.2 Å². The molecule has 0 unspecified atom stereocenters. The molecular formula is C20H24ClNO. The average Bonchev–Trinajstić information content (AvgIpc) is 2.50. The van der Waals surface area contributed by atoms with Crippen LogP contribution in [0.2, 0.25) is 5.02 Å². The van der Waals surface area contributed by atoms with Crippen LogP contribution < -0.4 is 5.32 Å². The van der Waals surface area contributed by atoms with E-state index in [2.05, 4.69) is 31.3 Å². The molecule has 0 saturated carbocycles. The Morgan fingerprint density at radius 1 is 1.09 bits per heavy atom. The van der Waals surface area contributed by atoms with Gasteiger partial charge in [0.25, 0.3) is 0 Å². The molecule has 1 amide bonds. The van der Waals surface area contributed by atoms with Crippen LogP contribution in [0, 0.1) is 12.8 Å². The maximum absolute atomic E-state index is 12.5. The van der Waals surface area contributed by atoms with Crippen LogP contribution in [-0.4, -0.2) is 5.91 Å². The van der Waals surface area contributed by atoms with Gasteiger partial charge in [0.15, 0.2) is 0 Å². The molecule has 0 aliphatic heterocycles. The van der Waals surface area contributed by atoms with Crippen LogP contribution in [0.1, 0.15) is 43.4 Å². The second-order valence-corrected chi connectivity index (χ2v) is 6.95. The normalized spacial score (nSPS) is 12.3. The highest BCUT2D eigenvalue weighted by Crippen LogP contribution is 2.23. The highest BCUT2D eigenvalue weighted by atomic mass is 35.5. The van der Waals surface area contributed by atoms with Crippen molar-refractivity contribution in [3.63, 3.8) is 0 Å². The van der Waals surface area contributed by atoms with Gasteiger partial charge in [0.05, 0.1) is 5.92 Å². The Hall–Kier alpha value is -1.80. The average molecular weight is 330 g/mol. The Bertz CT molecular complexity index is 677. The minimum Gasteiger partial charge on any atom is -0.325 e. The van der Waals surface area contributed by atoms with E-state index < -0.39 is 0 Å². The molecule has 122 valence electrons. The lowest BCUT2D eigenvalue weighted by atomic mass is 9.96. The third kappa shape index (κ3) is 4.84. The molecule has 3 heteroatoms. The molecule has 0 saturated heterocycles. The van der Waals surface area contributed by atoms with Crippen LogP contribution in [0.5, 0.6) is 0 Å². The van der Waals surface area contributed by atoms with Gasteiger partial charge in [-0.2, -0.15) is 0 Å².